The van der Waals surface area contributed by atoms with E-state index in [1.807, 2.05) is 0 Å². The molecule has 0 aliphatic carbocycles. The quantitative estimate of drug-likeness (QED) is 0.461. The smallest absolute Gasteiger partial charge is 0.270 e. The van der Waals surface area contributed by atoms with Gasteiger partial charge in [-0.25, -0.2) is 0 Å². The molecule has 0 aliphatic heterocycles. The average molecular weight is 380 g/mol. The number of non-ortho nitro benzene ring substituents is 1. The van der Waals surface area contributed by atoms with Gasteiger partial charge in [-0.05, 0) is 23.8 Å². The number of nitrogens with one attached hydrogen (secondary N) is 3. The number of amides is 2. The van der Waals surface area contributed by atoms with Crippen molar-refractivity contribution in [3.8, 4) is 0 Å². The van der Waals surface area contributed by atoms with E-state index in [0.29, 0.717) is 11.2 Å². The molecular formula is C19H16N4O5. The van der Waals surface area contributed by atoms with Crippen molar-refractivity contribution in [1.82, 2.24) is 10.3 Å². The lowest BCUT2D eigenvalue weighted by atomic mass is 10.1. The number of H-pyrrole nitrogens is 1. The van der Waals surface area contributed by atoms with Crippen molar-refractivity contribution in [3.63, 3.8) is 0 Å². The molecule has 3 N–H and O–H groups in total. The Morgan fingerprint density at radius 2 is 1.93 bits per heavy atom. The molecule has 0 unspecified atom stereocenters. The van der Waals surface area contributed by atoms with Gasteiger partial charge in [-0.3, -0.25) is 24.5 Å². The van der Waals surface area contributed by atoms with Gasteiger partial charge in [0.15, 0.2) is 0 Å². The summed E-state index contributed by atoms with van der Waals surface area (Å²) in [5, 5.41) is 16.6. The van der Waals surface area contributed by atoms with E-state index in [2.05, 4.69) is 15.6 Å². The molecule has 28 heavy (non-hydrogen) atoms. The van der Waals surface area contributed by atoms with Gasteiger partial charge < -0.3 is 15.6 Å². The molecule has 2 aromatic carbocycles. The van der Waals surface area contributed by atoms with E-state index in [-0.39, 0.29) is 29.1 Å². The molecule has 9 nitrogen and oxygen atoms in total. The number of hydrogen-bond acceptors (Lipinski definition) is 5. The first-order valence-corrected chi connectivity index (χ1v) is 8.29. The number of aromatic nitrogens is 1. The number of aromatic amines is 1. The number of pyridine rings is 1. The van der Waals surface area contributed by atoms with Crippen LogP contribution in [0.2, 0.25) is 0 Å². The molecule has 0 atom stereocenters. The standard InChI is InChI=1S/C19H16N4O5/c1-11(24)21-13-4-2-3-12(7-13)10-20-19(26)16-9-18(25)22-17-6-5-14(23(27)28)8-15(16)17/h2-9H,10H2,1H3,(H,20,26)(H,21,24)(H,22,25). The Morgan fingerprint density at radius 1 is 1.14 bits per heavy atom. The summed E-state index contributed by atoms with van der Waals surface area (Å²) in [4.78, 5) is 48.6. The summed E-state index contributed by atoms with van der Waals surface area (Å²) in [6.07, 6.45) is 0. The minimum Gasteiger partial charge on any atom is -0.348 e. The molecule has 1 heterocycles. The number of rotatable bonds is 5. The van der Waals surface area contributed by atoms with Crippen LogP contribution in [0.3, 0.4) is 0 Å². The lowest BCUT2D eigenvalue weighted by Crippen LogP contribution is -2.25. The van der Waals surface area contributed by atoms with Crippen molar-refractivity contribution in [2.24, 2.45) is 0 Å². The predicted octanol–water partition coefficient (Wildman–Crippen LogP) is 2.32. The Balaban J connectivity index is 1.87. The Labute approximate surface area is 158 Å². The van der Waals surface area contributed by atoms with E-state index >= 15 is 0 Å². The van der Waals surface area contributed by atoms with E-state index in [9.17, 15) is 24.5 Å². The third-order valence-electron chi connectivity index (χ3n) is 3.98. The van der Waals surface area contributed by atoms with Crippen LogP contribution in [-0.4, -0.2) is 21.7 Å². The second-order valence-corrected chi connectivity index (χ2v) is 6.10. The summed E-state index contributed by atoms with van der Waals surface area (Å²) in [6.45, 7) is 1.54. The van der Waals surface area contributed by atoms with E-state index in [1.54, 1.807) is 24.3 Å². The Morgan fingerprint density at radius 3 is 2.64 bits per heavy atom. The Kier molecular flexibility index (Phi) is 5.16. The van der Waals surface area contributed by atoms with E-state index in [1.165, 1.54) is 25.1 Å². The van der Waals surface area contributed by atoms with Gasteiger partial charge in [-0.15, -0.1) is 0 Å². The van der Waals surface area contributed by atoms with Crippen LogP contribution in [0.5, 0.6) is 0 Å². The predicted molar refractivity (Wildman–Crippen MR) is 103 cm³/mol. The molecule has 3 aromatic rings. The number of nitro benzene ring substituents is 1. The van der Waals surface area contributed by atoms with E-state index in [0.717, 1.165) is 11.6 Å². The average Bonchev–Trinajstić information content (AvgIpc) is 2.64. The summed E-state index contributed by atoms with van der Waals surface area (Å²) >= 11 is 0. The van der Waals surface area contributed by atoms with E-state index < -0.39 is 16.4 Å². The van der Waals surface area contributed by atoms with Crippen LogP contribution in [-0.2, 0) is 11.3 Å². The fraction of sp³-hybridized carbons (Fsp3) is 0.105. The largest absolute Gasteiger partial charge is 0.348 e. The third kappa shape index (κ3) is 4.21. The summed E-state index contributed by atoms with van der Waals surface area (Å²) in [7, 11) is 0. The number of nitrogens with zero attached hydrogens (tertiary/aromatic N) is 1. The molecule has 0 bridgehead atoms. The lowest BCUT2D eigenvalue weighted by Gasteiger charge is -2.09. The maximum atomic E-state index is 12.6. The molecule has 142 valence electrons. The molecule has 0 saturated heterocycles. The van der Waals surface area contributed by atoms with Crippen molar-refractivity contribution in [1.29, 1.82) is 0 Å². The molecule has 0 aliphatic rings. The second-order valence-electron chi connectivity index (χ2n) is 6.10. The van der Waals surface area contributed by atoms with Crippen molar-refractivity contribution in [3.05, 3.63) is 80.1 Å². The Hall–Kier alpha value is -4.01. The van der Waals surface area contributed by atoms with Gasteiger partial charge in [0.2, 0.25) is 11.5 Å². The van der Waals surface area contributed by atoms with Gasteiger partial charge in [0, 0.05) is 48.3 Å². The Bertz CT molecular complexity index is 1150. The zero-order valence-electron chi connectivity index (χ0n) is 14.8. The minimum absolute atomic E-state index is 0.0421. The van der Waals surface area contributed by atoms with Crippen LogP contribution in [0.4, 0.5) is 11.4 Å². The summed E-state index contributed by atoms with van der Waals surface area (Å²) in [5.74, 6) is -0.751. The van der Waals surface area contributed by atoms with E-state index in [4.69, 9.17) is 0 Å². The fourth-order valence-electron chi connectivity index (χ4n) is 2.78. The van der Waals surface area contributed by atoms with Crippen LogP contribution in [0, 0.1) is 10.1 Å². The van der Waals surface area contributed by atoms with Crippen LogP contribution >= 0.6 is 0 Å². The van der Waals surface area contributed by atoms with Crippen LogP contribution in [0.15, 0.2) is 53.3 Å². The molecular weight excluding hydrogens is 364 g/mol. The topological polar surface area (TPSA) is 134 Å². The first kappa shape index (κ1) is 18.8. The SMILES string of the molecule is CC(=O)Nc1cccc(CNC(=O)c2cc(=O)[nH]c3ccc([N+](=O)[O-])cc23)c1. The molecule has 3 rings (SSSR count). The van der Waals surface area contributed by atoms with Crippen molar-refractivity contribution in [2.75, 3.05) is 5.32 Å². The van der Waals surface area contributed by atoms with Crippen LogP contribution in [0.25, 0.3) is 10.9 Å². The number of benzene rings is 2. The van der Waals surface area contributed by atoms with Crippen molar-refractivity contribution in [2.45, 2.75) is 13.5 Å². The van der Waals surface area contributed by atoms with Gasteiger partial charge in [-0.2, -0.15) is 0 Å². The van der Waals surface area contributed by atoms with Crippen LogP contribution in [0.1, 0.15) is 22.8 Å². The highest BCUT2D eigenvalue weighted by atomic mass is 16.6. The van der Waals surface area contributed by atoms with Gasteiger partial charge in [0.25, 0.3) is 11.6 Å². The second kappa shape index (κ2) is 7.70. The normalized spacial score (nSPS) is 10.5. The highest BCUT2D eigenvalue weighted by Crippen LogP contribution is 2.21. The number of nitro groups is 1. The molecule has 2 amide bonds. The molecule has 1 aromatic heterocycles. The number of fused-ring (bicyclic) bond motifs is 1. The lowest BCUT2D eigenvalue weighted by molar-refractivity contribution is -0.384. The summed E-state index contributed by atoms with van der Waals surface area (Å²) in [6, 6.07) is 11.9. The summed E-state index contributed by atoms with van der Waals surface area (Å²) < 4.78 is 0. The van der Waals surface area contributed by atoms with Gasteiger partial charge in [-0.1, -0.05) is 12.1 Å². The first-order valence-electron chi connectivity index (χ1n) is 8.29. The van der Waals surface area contributed by atoms with Gasteiger partial charge in [0.1, 0.15) is 0 Å². The van der Waals surface area contributed by atoms with Crippen molar-refractivity contribution < 1.29 is 14.5 Å². The minimum atomic E-state index is -0.570. The molecule has 0 radical (unpaired) electrons. The third-order valence-corrected chi connectivity index (χ3v) is 3.98. The molecule has 0 saturated carbocycles. The number of carbonyl (C=O) groups excluding carboxylic acids is 2. The monoisotopic (exact) mass is 380 g/mol. The van der Waals surface area contributed by atoms with Crippen LogP contribution < -0.4 is 16.2 Å². The maximum absolute atomic E-state index is 12.6. The van der Waals surface area contributed by atoms with Crippen molar-refractivity contribution >= 4 is 34.1 Å². The fourth-order valence-corrected chi connectivity index (χ4v) is 2.78. The number of hydrogen-bond donors (Lipinski definition) is 3. The van der Waals surface area contributed by atoms with Gasteiger partial charge >= 0.3 is 0 Å². The zero-order valence-corrected chi connectivity index (χ0v) is 14.8. The maximum Gasteiger partial charge on any atom is 0.270 e. The van der Waals surface area contributed by atoms with Gasteiger partial charge in [0.05, 0.1) is 10.5 Å². The first-order chi connectivity index (χ1) is 13.3. The number of carbonyl (C=O) groups is 2. The highest BCUT2D eigenvalue weighted by Gasteiger charge is 2.15. The highest BCUT2D eigenvalue weighted by molar-refractivity contribution is 6.06. The molecule has 0 fully saturated rings. The molecule has 9 heteroatoms. The summed E-state index contributed by atoms with van der Waals surface area (Å²) in [5.41, 5.74) is 1.03. The number of anilines is 1. The zero-order chi connectivity index (χ0) is 20.3. The molecule has 0 spiro atoms.